The summed E-state index contributed by atoms with van der Waals surface area (Å²) in [5.41, 5.74) is 8.91. The van der Waals surface area contributed by atoms with Crippen molar-refractivity contribution in [2.75, 3.05) is 0 Å². The SMILES string of the molecule is CC(C)n1c(C2C3CCC(C3)C2N)nc2ccccc21. The molecule has 106 valence electrons. The summed E-state index contributed by atoms with van der Waals surface area (Å²) in [6.07, 6.45) is 3.97. The maximum atomic E-state index is 6.53. The second-order valence-electron chi connectivity index (χ2n) is 6.86. The van der Waals surface area contributed by atoms with Crippen LogP contribution < -0.4 is 5.73 Å². The van der Waals surface area contributed by atoms with Crippen molar-refractivity contribution >= 4 is 11.0 Å². The Kier molecular flexibility index (Phi) is 2.68. The summed E-state index contributed by atoms with van der Waals surface area (Å²) in [5.74, 6) is 3.18. The Labute approximate surface area is 120 Å². The largest absolute Gasteiger partial charge is 0.327 e. The van der Waals surface area contributed by atoms with Crippen molar-refractivity contribution in [3.63, 3.8) is 0 Å². The van der Waals surface area contributed by atoms with Gasteiger partial charge in [-0.15, -0.1) is 0 Å². The van der Waals surface area contributed by atoms with Gasteiger partial charge in [0.25, 0.3) is 0 Å². The van der Waals surface area contributed by atoms with Crippen LogP contribution in [0.3, 0.4) is 0 Å². The molecule has 1 aromatic heterocycles. The summed E-state index contributed by atoms with van der Waals surface area (Å²) in [5, 5.41) is 0. The highest BCUT2D eigenvalue weighted by molar-refractivity contribution is 5.76. The van der Waals surface area contributed by atoms with Crippen LogP contribution in [-0.2, 0) is 0 Å². The third-order valence-corrected chi connectivity index (χ3v) is 5.42. The predicted octanol–water partition coefficient (Wildman–Crippen LogP) is 3.46. The zero-order valence-corrected chi connectivity index (χ0v) is 12.3. The number of nitrogens with two attached hydrogens (primary N) is 1. The van der Waals surface area contributed by atoms with Crippen molar-refractivity contribution in [2.45, 2.75) is 51.1 Å². The second kappa shape index (κ2) is 4.32. The molecular formula is C17H23N3. The molecule has 4 atom stereocenters. The summed E-state index contributed by atoms with van der Waals surface area (Å²) in [4.78, 5) is 4.97. The van der Waals surface area contributed by atoms with E-state index < -0.39 is 0 Å². The molecule has 2 bridgehead atoms. The minimum Gasteiger partial charge on any atom is -0.327 e. The van der Waals surface area contributed by atoms with Gasteiger partial charge in [-0.25, -0.2) is 4.98 Å². The van der Waals surface area contributed by atoms with Gasteiger partial charge in [0, 0.05) is 18.0 Å². The topological polar surface area (TPSA) is 43.8 Å². The van der Waals surface area contributed by atoms with Crippen LogP contribution in [0.15, 0.2) is 24.3 Å². The smallest absolute Gasteiger partial charge is 0.115 e. The van der Waals surface area contributed by atoms with Crippen LogP contribution in [0.5, 0.6) is 0 Å². The average Bonchev–Trinajstić information content (AvgIpc) is 3.09. The van der Waals surface area contributed by atoms with Gasteiger partial charge in [-0.1, -0.05) is 12.1 Å². The lowest BCUT2D eigenvalue weighted by Gasteiger charge is -2.29. The fraction of sp³-hybridized carbons (Fsp3) is 0.588. The molecule has 3 heteroatoms. The van der Waals surface area contributed by atoms with Gasteiger partial charge in [-0.2, -0.15) is 0 Å². The van der Waals surface area contributed by atoms with E-state index in [-0.39, 0.29) is 0 Å². The first-order valence-corrected chi connectivity index (χ1v) is 7.89. The molecule has 1 heterocycles. The Balaban J connectivity index is 1.89. The lowest BCUT2D eigenvalue weighted by Crippen LogP contribution is -2.35. The molecule has 2 aliphatic rings. The lowest BCUT2D eigenvalue weighted by atomic mass is 9.84. The van der Waals surface area contributed by atoms with E-state index in [4.69, 9.17) is 10.7 Å². The number of benzene rings is 1. The van der Waals surface area contributed by atoms with Gasteiger partial charge in [-0.05, 0) is 57.1 Å². The molecule has 2 aromatic rings. The molecule has 2 fully saturated rings. The highest BCUT2D eigenvalue weighted by Gasteiger charge is 2.48. The van der Waals surface area contributed by atoms with Crippen molar-refractivity contribution in [3.05, 3.63) is 30.1 Å². The van der Waals surface area contributed by atoms with Crippen molar-refractivity contribution in [2.24, 2.45) is 17.6 Å². The molecule has 0 amide bonds. The standard InChI is InChI=1S/C17H23N3/c1-10(2)20-14-6-4-3-5-13(14)19-17(20)15-11-7-8-12(9-11)16(15)18/h3-6,10-12,15-16H,7-9,18H2,1-2H3. The zero-order valence-electron chi connectivity index (χ0n) is 12.3. The first-order chi connectivity index (χ1) is 9.66. The molecule has 1 aromatic carbocycles. The molecule has 2 saturated carbocycles. The molecule has 2 N–H and O–H groups in total. The van der Waals surface area contributed by atoms with E-state index >= 15 is 0 Å². The maximum Gasteiger partial charge on any atom is 0.115 e. The number of aromatic nitrogens is 2. The Bertz CT molecular complexity index is 641. The number of rotatable bonds is 2. The zero-order chi connectivity index (χ0) is 13.9. The summed E-state index contributed by atoms with van der Waals surface area (Å²) < 4.78 is 2.42. The van der Waals surface area contributed by atoms with E-state index in [0.29, 0.717) is 18.0 Å². The van der Waals surface area contributed by atoms with E-state index in [9.17, 15) is 0 Å². The summed E-state index contributed by atoms with van der Waals surface area (Å²) in [6, 6.07) is 9.23. The monoisotopic (exact) mass is 269 g/mol. The highest BCUT2D eigenvalue weighted by Crippen LogP contribution is 2.52. The molecule has 0 radical (unpaired) electrons. The van der Waals surface area contributed by atoms with Crippen molar-refractivity contribution in [1.29, 1.82) is 0 Å². The first kappa shape index (κ1) is 12.4. The average molecular weight is 269 g/mol. The molecule has 0 spiro atoms. The first-order valence-electron chi connectivity index (χ1n) is 7.89. The van der Waals surface area contributed by atoms with Gasteiger partial charge in [0.2, 0.25) is 0 Å². The van der Waals surface area contributed by atoms with Crippen LogP contribution in [0.4, 0.5) is 0 Å². The molecule has 2 aliphatic carbocycles. The molecule has 0 aliphatic heterocycles. The Hall–Kier alpha value is -1.35. The number of para-hydroxylation sites is 2. The van der Waals surface area contributed by atoms with E-state index in [1.165, 1.54) is 30.6 Å². The normalized spacial score (nSPS) is 32.6. The van der Waals surface area contributed by atoms with Crippen LogP contribution in [-0.4, -0.2) is 15.6 Å². The second-order valence-corrected chi connectivity index (χ2v) is 6.86. The molecule has 4 unspecified atom stereocenters. The Morgan fingerprint density at radius 2 is 1.95 bits per heavy atom. The van der Waals surface area contributed by atoms with Crippen LogP contribution >= 0.6 is 0 Å². The number of imidazole rings is 1. The number of nitrogens with zero attached hydrogens (tertiary/aromatic N) is 2. The van der Waals surface area contributed by atoms with Crippen LogP contribution in [0, 0.1) is 11.8 Å². The molecular weight excluding hydrogens is 246 g/mol. The van der Waals surface area contributed by atoms with Crippen molar-refractivity contribution < 1.29 is 0 Å². The summed E-state index contributed by atoms with van der Waals surface area (Å²) >= 11 is 0. The van der Waals surface area contributed by atoms with Gasteiger partial charge >= 0.3 is 0 Å². The van der Waals surface area contributed by atoms with Crippen molar-refractivity contribution in [1.82, 2.24) is 9.55 Å². The molecule has 4 rings (SSSR count). The van der Waals surface area contributed by atoms with Gasteiger partial charge < -0.3 is 10.3 Å². The minimum absolute atomic E-state index is 0.308. The number of hydrogen-bond acceptors (Lipinski definition) is 2. The highest BCUT2D eigenvalue weighted by atomic mass is 15.1. The predicted molar refractivity (Wildman–Crippen MR) is 81.7 cm³/mol. The Morgan fingerprint density at radius 3 is 2.65 bits per heavy atom. The fourth-order valence-corrected chi connectivity index (χ4v) is 4.56. The maximum absolute atomic E-state index is 6.53. The van der Waals surface area contributed by atoms with Gasteiger partial charge in [0.1, 0.15) is 5.82 Å². The van der Waals surface area contributed by atoms with E-state index in [0.717, 1.165) is 17.4 Å². The Morgan fingerprint density at radius 1 is 1.20 bits per heavy atom. The summed E-state index contributed by atoms with van der Waals surface area (Å²) in [7, 11) is 0. The number of fused-ring (bicyclic) bond motifs is 3. The summed E-state index contributed by atoms with van der Waals surface area (Å²) in [6.45, 7) is 4.49. The van der Waals surface area contributed by atoms with Crippen molar-refractivity contribution in [3.8, 4) is 0 Å². The van der Waals surface area contributed by atoms with Crippen LogP contribution in [0.1, 0.15) is 50.9 Å². The van der Waals surface area contributed by atoms with E-state index in [1.54, 1.807) is 0 Å². The van der Waals surface area contributed by atoms with Gasteiger partial charge in [-0.3, -0.25) is 0 Å². The fourth-order valence-electron chi connectivity index (χ4n) is 4.56. The third-order valence-electron chi connectivity index (χ3n) is 5.42. The quantitative estimate of drug-likeness (QED) is 0.907. The molecule has 3 nitrogen and oxygen atoms in total. The van der Waals surface area contributed by atoms with Gasteiger partial charge in [0.05, 0.1) is 11.0 Å². The van der Waals surface area contributed by atoms with Crippen LogP contribution in [0.25, 0.3) is 11.0 Å². The third kappa shape index (κ3) is 1.59. The van der Waals surface area contributed by atoms with E-state index in [2.05, 4.69) is 42.7 Å². The number of hydrogen-bond donors (Lipinski definition) is 1. The molecule has 0 saturated heterocycles. The van der Waals surface area contributed by atoms with Crippen LogP contribution in [0.2, 0.25) is 0 Å². The van der Waals surface area contributed by atoms with E-state index in [1.807, 2.05) is 0 Å². The minimum atomic E-state index is 0.308. The lowest BCUT2D eigenvalue weighted by molar-refractivity contribution is 0.342. The molecule has 20 heavy (non-hydrogen) atoms. The van der Waals surface area contributed by atoms with Gasteiger partial charge in [0.15, 0.2) is 0 Å².